The molecule has 0 amide bonds. The zero-order valence-corrected chi connectivity index (χ0v) is 16.7. The maximum atomic E-state index is 3.70. The maximum absolute atomic E-state index is 3.70. The second-order valence-corrected chi connectivity index (χ2v) is 8.32. The van der Waals surface area contributed by atoms with Crippen LogP contribution < -0.4 is 5.32 Å². The van der Waals surface area contributed by atoms with Crippen LogP contribution in [0.5, 0.6) is 0 Å². The summed E-state index contributed by atoms with van der Waals surface area (Å²) in [6.45, 7) is 11.0. The zero-order chi connectivity index (χ0) is 17.7. The second kappa shape index (κ2) is 12.5. The fourth-order valence-electron chi connectivity index (χ4n) is 3.91. The third-order valence-corrected chi connectivity index (χ3v) is 5.53. The summed E-state index contributed by atoms with van der Waals surface area (Å²) in [6, 6.07) is 11.0. The van der Waals surface area contributed by atoms with Crippen LogP contribution in [0.25, 0.3) is 0 Å². The Morgan fingerprint density at radius 1 is 0.920 bits per heavy atom. The van der Waals surface area contributed by atoms with Crippen molar-refractivity contribution in [2.75, 3.05) is 32.7 Å². The van der Waals surface area contributed by atoms with E-state index < -0.39 is 0 Å². The summed E-state index contributed by atoms with van der Waals surface area (Å²) in [6.07, 6.45) is 10.8. The molecule has 142 valence electrons. The number of likely N-dealkylation sites (tertiary alicyclic amines) is 1. The van der Waals surface area contributed by atoms with Gasteiger partial charge in [-0.15, -0.1) is 0 Å². The van der Waals surface area contributed by atoms with Gasteiger partial charge >= 0.3 is 0 Å². The molecule has 1 unspecified atom stereocenters. The van der Waals surface area contributed by atoms with Gasteiger partial charge in [-0.05, 0) is 88.6 Å². The summed E-state index contributed by atoms with van der Waals surface area (Å²) in [5, 5.41) is 3.70. The standard InChI is InChI=1S/C23H40N2/c1-21(2)12-13-23(20-22-10-5-3-6-11-22)14-16-24-15-9-19-25-17-7-4-8-18-25/h3,5-6,10-11,21,23-24H,4,7-9,12-20H2,1-2H3. The van der Waals surface area contributed by atoms with Crippen molar-refractivity contribution in [1.29, 1.82) is 0 Å². The fourth-order valence-corrected chi connectivity index (χ4v) is 3.91. The largest absolute Gasteiger partial charge is 0.317 e. The van der Waals surface area contributed by atoms with Gasteiger partial charge in [-0.3, -0.25) is 0 Å². The molecule has 1 aliphatic heterocycles. The van der Waals surface area contributed by atoms with Gasteiger partial charge in [0, 0.05) is 0 Å². The SMILES string of the molecule is CC(C)CCC(CCNCCCN1CCCCC1)Cc1ccccc1. The van der Waals surface area contributed by atoms with Gasteiger partial charge in [-0.2, -0.15) is 0 Å². The van der Waals surface area contributed by atoms with Gasteiger partial charge in [0.15, 0.2) is 0 Å². The van der Waals surface area contributed by atoms with Crippen molar-refractivity contribution in [3.05, 3.63) is 35.9 Å². The van der Waals surface area contributed by atoms with E-state index in [4.69, 9.17) is 0 Å². The molecule has 0 radical (unpaired) electrons. The Balaban J connectivity index is 1.60. The van der Waals surface area contributed by atoms with Crippen molar-refractivity contribution in [2.24, 2.45) is 11.8 Å². The van der Waals surface area contributed by atoms with Crippen LogP contribution in [0.2, 0.25) is 0 Å². The Bertz CT molecular complexity index is 423. The quantitative estimate of drug-likeness (QED) is 0.528. The highest BCUT2D eigenvalue weighted by atomic mass is 15.1. The molecule has 0 aliphatic carbocycles. The zero-order valence-electron chi connectivity index (χ0n) is 16.7. The normalized spacial score (nSPS) is 17.1. The van der Waals surface area contributed by atoms with Gasteiger partial charge in [0.25, 0.3) is 0 Å². The van der Waals surface area contributed by atoms with Gasteiger partial charge in [-0.1, -0.05) is 57.0 Å². The van der Waals surface area contributed by atoms with Crippen molar-refractivity contribution in [3.63, 3.8) is 0 Å². The molecule has 1 aromatic carbocycles. The molecule has 2 rings (SSSR count). The molecular weight excluding hydrogens is 304 g/mol. The molecule has 1 saturated heterocycles. The summed E-state index contributed by atoms with van der Waals surface area (Å²) >= 11 is 0. The van der Waals surface area contributed by atoms with Gasteiger partial charge in [0.1, 0.15) is 0 Å². The molecule has 1 aliphatic rings. The highest BCUT2D eigenvalue weighted by Crippen LogP contribution is 2.20. The average molecular weight is 345 g/mol. The maximum Gasteiger partial charge on any atom is -0.000664 e. The summed E-state index contributed by atoms with van der Waals surface area (Å²) in [5.74, 6) is 1.63. The van der Waals surface area contributed by atoms with Crippen LogP contribution in [0.15, 0.2) is 30.3 Å². The molecular formula is C23H40N2. The van der Waals surface area contributed by atoms with E-state index in [1.807, 2.05) is 0 Å². The van der Waals surface area contributed by atoms with Crippen LogP contribution in [0.3, 0.4) is 0 Å². The van der Waals surface area contributed by atoms with Crippen LogP contribution in [0.4, 0.5) is 0 Å². The van der Waals surface area contributed by atoms with Gasteiger partial charge in [0.2, 0.25) is 0 Å². The lowest BCUT2D eigenvalue weighted by molar-refractivity contribution is 0.225. The predicted molar refractivity (Wildman–Crippen MR) is 110 cm³/mol. The highest BCUT2D eigenvalue weighted by molar-refractivity contribution is 5.15. The molecule has 0 aromatic heterocycles. The number of nitrogens with zero attached hydrogens (tertiary/aromatic N) is 1. The van der Waals surface area contributed by atoms with E-state index in [-0.39, 0.29) is 0 Å². The highest BCUT2D eigenvalue weighted by Gasteiger charge is 2.11. The summed E-state index contributed by atoms with van der Waals surface area (Å²) in [5.41, 5.74) is 1.50. The Labute approximate surface area is 156 Å². The van der Waals surface area contributed by atoms with Gasteiger partial charge in [0.05, 0.1) is 0 Å². The van der Waals surface area contributed by atoms with Gasteiger partial charge < -0.3 is 10.2 Å². The van der Waals surface area contributed by atoms with E-state index in [2.05, 4.69) is 54.4 Å². The van der Waals surface area contributed by atoms with E-state index in [0.717, 1.165) is 11.8 Å². The van der Waals surface area contributed by atoms with Crippen LogP contribution in [-0.4, -0.2) is 37.6 Å². The lowest BCUT2D eigenvalue weighted by Crippen LogP contribution is -2.32. The number of benzene rings is 1. The number of hydrogen-bond donors (Lipinski definition) is 1. The first-order valence-electron chi connectivity index (χ1n) is 10.7. The molecule has 1 aromatic rings. The van der Waals surface area contributed by atoms with E-state index in [1.165, 1.54) is 89.7 Å². The van der Waals surface area contributed by atoms with Crippen LogP contribution in [-0.2, 0) is 6.42 Å². The van der Waals surface area contributed by atoms with Crippen molar-refractivity contribution in [3.8, 4) is 0 Å². The first-order chi connectivity index (χ1) is 12.2. The first-order valence-corrected chi connectivity index (χ1v) is 10.7. The number of nitrogens with one attached hydrogen (secondary N) is 1. The molecule has 2 heteroatoms. The average Bonchev–Trinajstić information content (AvgIpc) is 2.64. The molecule has 25 heavy (non-hydrogen) atoms. The molecule has 1 N–H and O–H groups in total. The molecule has 0 saturated carbocycles. The third kappa shape index (κ3) is 9.42. The minimum Gasteiger partial charge on any atom is -0.317 e. The smallest absolute Gasteiger partial charge is 0.000664 e. The number of hydrogen-bond acceptors (Lipinski definition) is 2. The Morgan fingerprint density at radius 2 is 1.68 bits per heavy atom. The Morgan fingerprint density at radius 3 is 2.40 bits per heavy atom. The van der Waals surface area contributed by atoms with Crippen LogP contribution in [0.1, 0.15) is 64.4 Å². The molecule has 0 spiro atoms. The fraction of sp³-hybridized carbons (Fsp3) is 0.739. The third-order valence-electron chi connectivity index (χ3n) is 5.53. The molecule has 1 heterocycles. The first kappa shape index (κ1) is 20.5. The van der Waals surface area contributed by atoms with Crippen molar-refractivity contribution in [2.45, 2.75) is 65.2 Å². The Kier molecular flexibility index (Phi) is 10.2. The minimum atomic E-state index is 0.816. The second-order valence-electron chi connectivity index (χ2n) is 8.32. The van der Waals surface area contributed by atoms with Crippen molar-refractivity contribution in [1.82, 2.24) is 10.2 Å². The summed E-state index contributed by atoms with van der Waals surface area (Å²) < 4.78 is 0. The van der Waals surface area contributed by atoms with Crippen molar-refractivity contribution < 1.29 is 0 Å². The monoisotopic (exact) mass is 344 g/mol. The van der Waals surface area contributed by atoms with Crippen LogP contribution in [0, 0.1) is 11.8 Å². The topological polar surface area (TPSA) is 15.3 Å². The molecule has 0 bridgehead atoms. The van der Waals surface area contributed by atoms with Gasteiger partial charge in [-0.25, -0.2) is 0 Å². The van der Waals surface area contributed by atoms with E-state index >= 15 is 0 Å². The summed E-state index contributed by atoms with van der Waals surface area (Å²) in [7, 11) is 0. The number of piperidine rings is 1. The summed E-state index contributed by atoms with van der Waals surface area (Å²) in [4.78, 5) is 2.64. The van der Waals surface area contributed by atoms with Crippen molar-refractivity contribution >= 4 is 0 Å². The molecule has 2 nitrogen and oxygen atoms in total. The van der Waals surface area contributed by atoms with E-state index in [9.17, 15) is 0 Å². The lowest BCUT2D eigenvalue weighted by atomic mass is 9.89. The minimum absolute atomic E-state index is 0.816. The van der Waals surface area contributed by atoms with E-state index in [1.54, 1.807) is 0 Å². The van der Waals surface area contributed by atoms with E-state index in [0.29, 0.717) is 0 Å². The Hall–Kier alpha value is -0.860. The lowest BCUT2D eigenvalue weighted by Gasteiger charge is -2.26. The van der Waals surface area contributed by atoms with Crippen LogP contribution >= 0.6 is 0 Å². The number of rotatable bonds is 12. The molecule has 1 atom stereocenters. The predicted octanol–water partition coefficient (Wildman–Crippen LogP) is 5.14. The molecule has 1 fully saturated rings.